The van der Waals surface area contributed by atoms with E-state index in [0.717, 1.165) is 32.6 Å². The number of sulfone groups is 1. The van der Waals surface area contributed by atoms with Crippen LogP contribution in [0.15, 0.2) is 0 Å². The first kappa shape index (κ1) is 16.9. The quantitative estimate of drug-likeness (QED) is 0.736. The van der Waals surface area contributed by atoms with Gasteiger partial charge < -0.3 is 5.32 Å². The summed E-state index contributed by atoms with van der Waals surface area (Å²) in [5.41, 5.74) is 0. The van der Waals surface area contributed by atoms with Crippen LogP contribution in [0.1, 0.15) is 39.5 Å². The Morgan fingerprint density at radius 2 is 2.05 bits per heavy atom. The monoisotopic (exact) mass is 290 g/mol. The highest BCUT2D eigenvalue weighted by molar-refractivity contribution is 7.90. The molecule has 0 saturated carbocycles. The third kappa shape index (κ3) is 7.90. The molecule has 0 amide bonds. The van der Waals surface area contributed by atoms with E-state index in [1.165, 1.54) is 25.5 Å². The Kier molecular flexibility index (Phi) is 7.32. The van der Waals surface area contributed by atoms with Gasteiger partial charge in [-0.15, -0.1) is 0 Å². The molecule has 1 atom stereocenters. The Hall–Kier alpha value is -0.130. The van der Waals surface area contributed by atoms with Gasteiger partial charge in [-0.05, 0) is 44.8 Å². The molecule has 0 bridgehead atoms. The first-order valence-corrected chi connectivity index (χ1v) is 9.57. The fourth-order valence-electron chi connectivity index (χ4n) is 2.65. The molecule has 1 fully saturated rings. The van der Waals surface area contributed by atoms with Crippen molar-refractivity contribution in [1.29, 1.82) is 0 Å². The molecule has 1 N–H and O–H groups in total. The van der Waals surface area contributed by atoms with Crippen molar-refractivity contribution >= 4 is 9.84 Å². The van der Waals surface area contributed by atoms with E-state index >= 15 is 0 Å². The molecule has 0 spiro atoms. The maximum absolute atomic E-state index is 11.2. The molecule has 19 heavy (non-hydrogen) atoms. The number of hydrogen-bond acceptors (Lipinski definition) is 4. The summed E-state index contributed by atoms with van der Waals surface area (Å²) >= 11 is 0. The fraction of sp³-hybridized carbons (Fsp3) is 1.00. The lowest BCUT2D eigenvalue weighted by Gasteiger charge is -2.36. The second-order valence-corrected chi connectivity index (χ2v) is 8.48. The lowest BCUT2D eigenvalue weighted by atomic mass is 10.0. The topological polar surface area (TPSA) is 49.4 Å². The molecule has 114 valence electrons. The van der Waals surface area contributed by atoms with Crippen molar-refractivity contribution in [1.82, 2.24) is 10.2 Å². The molecular formula is C14H30N2O2S. The van der Waals surface area contributed by atoms with E-state index in [4.69, 9.17) is 0 Å². The summed E-state index contributed by atoms with van der Waals surface area (Å²) in [5.74, 6) is 0.998. The van der Waals surface area contributed by atoms with Gasteiger partial charge in [0, 0.05) is 18.8 Å². The normalized spacial score (nSPS) is 22.0. The number of nitrogens with one attached hydrogen (secondary N) is 1. The van der Waals surface area contributed by atoms with Gasteiger partial charge in [-0.25, -0.2) is 8.42 Å². The average molecular weight is 290 g/mol. The highest BCUT2D eigenvalue weighted by atomic mass is 32.2. The van der Waals surface area contributed by atoms with E-state index < -0.39 is 9.84 Å². The van der Waals surface area contributed by atoms with Crippen molar-refractivity contribution in [3.8, 4) is 0 Å². The van der Waals surface area contributed by atoms with Crippen LogP contribution in [0.3, 0.4) is 0 Å². The molecule has 5 heteroatoms. The maximum atomic E-state index is 11.2. The standard InChI is InChI=1S/C14H30N2O2S/c1-13(2)11-15-12-14-7-4-5-8-16(14)9-6-10-19(3,17)18/h13-15H,4-12H2,1-3H3. The highest BCUT2D eigenvalue weighted by Crippen LogP contribution is 2.16. The van der Waals surface area contributed by atoms with Crippen LogP contribution in [0.4, 0.5) is 0 Å². The molecule has 1 heterocycles. The SMILES string of the molecule is CC(C)CNCC1CCCCN1CCCS(C)(=O)=O. The van der Waals surface area contributed by atoms with Gasteiger partial charge in [-0.1, -0.05) is 20.3 Å². The van der Waals surface area contributed by atoms with Crippen molar-refractivity contribution < 1.29 is 8.42 Å². The zero-order chi connectivity index (χ0) is 14.3. The van der Waals surface area contributed by atoms with E-state index in [1.807, 2.05) is 0 Å². The smallest absolute Gasteiger partial charge is 0.147 e. The van der Waals surface area contributed by atoms with E-state index in [2.05, 4.69) is 24.1 Å². The van der Waals surface area contributed by atoms with E-state index in [9.17, 15) is 8.42 Å². The third-order valence-electron chi connectivity index (χ3n) is 3.64. The van der Waals surface area contributed by atoms with Gasteiger partial charge >= 0.3 is 0 Å². The molecule has 1 aliphatic rings. The fourth-order valence-corrected chi connectivity index (χ4v) is 3.31. The van der Waals surface area contributed by atoms with Crippen LogP contribution < -0.4 is 5.32 Å². The van der Waals surface area contributed by atoms with Crippen molar-refractivity contribution in [3.63, 3.8) is 0 Å². The van der Waals surface area contributed by atoms with Crippen molar-refractivity contribution in [2.45, 2.75) is 45.6 Å². The Balaban J connectivity index is 2.31. The summed E-state index contributed by atoms with van der Waals surface area (Å²) in [6, 6.07) is 0.590. The predicted octanol–water partition coefficient (Wildman–Crippen LogP) is 1.52. The largest absolute Gasteiger partial charge is 0.315 e. The zero-order valence-electron chi connectivity index (χ0n) is 12.7. The van der Waals surface area contributed by atoms with Gasteiger partial charge in [-0.3, -0.25) is 4.90 Å². The molecular weight excluding hydrogens is 260 g/mol. The first-order valence-electron chi connectivity index (χ1n) is 7.51. The Bertz CT molecular complexity index is 341. The Morgan fingerprint density at radius 3 is 2.68 bits per heavy atom. The summed E-state index contributed by atoms with van der Waals surface area (Å²) in [6.07, 6.45) is 5.88. The summed E-state index contributed by atoms with van der Waals surface area (Å²) in [5, 5.41) is 3.53. The molecule has 1 unspecified atom stereocenters. The van der Waals surface area contributed by atoms with Gasteiger partial charge in [-0.2, -0.15) is 0 Å². The molecule has 0 aromatic carbocycles. The van der Waals surface area contributed by atoms with Crippen molar-refractivity contribution in [3.05, 3.63) is 0 Å². The average Bonchev–Trinajstić information content (AvgIpc) is 2.29. The number of hydrogen-bond donors (Lipinski definition) is 1. The number of nitrogens with zero attached hydrogens (tertiary/aromatic N) is 1. The van der Waals surface area contributed by atoms with Crippen LogP contribution in [0, 0.1) is 5.92 Å². The van der Waals surface area contributed by atoms with Crippen LogP contribution in [0.2, 0.25) is 0 Å². The minimum Gasteiger partial charge on any atom is -0.315 e. The molecule has 0 aromatic rings. The van der Waals surface area contributed by atoms with Crippen LogP contribution in [0.25, 0.3) is 0 Å². The highest BCUT2D eigenvalue weighted by Gasteiger charge is 2.21. The van der Waals surface area contributed by atoms with Crippen molar-refractivity contribution in [2.24, 2.45) is 5.92 Å². The number of rotatable bonds is 8. The molecule has 1 aliphatic heterocycles. The zero-order valence-corrected chi connectivity index (χ0v) is 13.5. The first-order chi connectivity index (χ1) is 8.88. The van der Waals surface area contributed by atoms with Gasteiger partial charge in [0.2, 0.25) is 0 Å². The second-order valence-electron chi connectivity index (χ2n) is 6.22. The van der Waals surface area contributed by atoms with Crippen molar-refractivity contribution in [2.75, 3.05) is 38.2 Å². The minimum absolute atomic E-state index is 0.315. The number of likely N-dealkylation sites (tertiary alicyclic amines) is 1. The predicted molar refractivity (Wildman–Crippen MR) is 81.2 cm³/mol. The Morgan fingerprint density at radius 1 is 1.32 bits per heavy atom. The molecule has 0 aromatic heterocycles. The van der Waals surface area contributed by atoms with E-state index in [-0.39, 0.29) is 0 Å². The summed E-state index contributed by atoms with van der Waals surface area (Å²) in [6.45, 7) is 8.58. The van der Waals surface area contributed by atoms with Crippen LogP contribution >= 0.6 is 0 Å². The maximum Gasteiger partial charge on any atom is 0.147 e. The summed E-state index contributed by atoms with van der Waals surface area (Å²) in [4.78, 5) is 2.47. The Labute approximate surface area is 118 Å². The minimum atomic E-state index is -2.81. The number of piperidine rings is 1. The molecule has 0 radical (unpaired) electrons. The van der Waals surface area contributed by atoms with Gasteiger partial charge in [0.1, 0.15) is 9.84 Å². The summed E-state index contributed by atoms with van der Waals surface area (Å²) in [7, 11) is -2.81. The molecule has 4 nitrogen and oxygen atoms in total. The second kappa shape index (κ2) is 8.22. The van der Waals surface area contributed by atoms with E-state index in [0.29, 0.717) is 17.7 Å². The van der Waals surface area contributed by atoms with Gasteiger partial charge in [0.05, 0.1) is 5.75 Å². The molecule has 1 saturated heterocycles. The van der Waals surface area contributed by atoms with E-state index in [1.54, 1.807) is 0 Å². The van der Waals surface area contributed by atoms with Gasteiger partial charge in [0.25, 0.3) is 0 Å². The molecule has 1 rings (SSSR count). The molecule has 0 aliphatic carbocycles. The lowest BCUT2D eigenvalue weighted by molar-refractivity contribution is 0.145. The van der Waals surface area contributed by atoms with Crippen LogP contribution in [0.5, 0.6) is 0 Å². The third-order valence-corrected chi connectivity index (χ3v) is 4.67. The lowest BCUT2D eigenvalue weighted by Crippen LogP contribution is -2.46. The van der Waals surface area contributed by atoms with Crippen LogP contribution in [-0.2, 0) is 9.84 Å². The van der Waals surface area contributed by atoms with Gasteiger partial charge in [0.15, 0.2) is 0 Å². The van der Waals surface area contributed by atoms with Crippen LogP contribution in [-0.4, -0.2) is 57.5 Å². The summed E-state index contributed by atoms with van der Waals surface area (Å²) < 4.78 is 22.3.